The minimum atomic E-state index is 0.517. The number of furan rings is 1. The fourth-order valence-corrected chi connectivity index (χ4v) is 2.99. The Labute approximate surface area is 147 Å². The molecule has 0 unspecified atom stereocenters. The van der Waals surface area contributed by atoms with E-state index in [0.29, 0.717) is 17.3 Å². The van der Waals surface area contributed by atoms with Crippen LogP contribution < -0.4 is 4.74 Å². The molecule has 5 rings (SSSR count). The van der Waals surface area contributed by atoms with Gasteiger partial charge in [-0.15, -0.1) is 0 Å². The van der Waals surface area contributed by atoms with Crippen molar-refractivity contribution in [1.29, 1.82) is 0 Å². The zero-order chi connectivity index (χ0) is 17.5. The van der Waals surface area contributed by atoms with Crippen LogP contribution in [-0.4, -0.2) is 24.6 Å². The molecule has 0 saturated heterocycles. The maximum Gasteiger partial charge on any atom is 0.230 e. The topological polar surface area (TPSA) is 78.3 Å². The van der Waals surface area contributed by atoms with Gasteiger partial charge in [-0.05, 0) is 42.8 Å². The van der Waals surface area contributed by atoms with Crippen LogP contribution in [0, 0.1) is 6.92 Å². The van der Waals surface area contributed by atoms with E-state index < -0.39 is 0 Å². The molecule has 0 aliphatic heterocycles. The van der Waals surface area contributed by atoms with E-state index >= 15 is 0 Å². The van der Waals surface area contributed by atoms with Gasteiger partial charge in [-0.1, -0.05) is 0 Å². The molecule has 0 aliphatic rings. The van der Waals surface area contributed by atoms with Crippen LogP contribution in [0.4, 0.5) is 0 Å². The van der Waals surface area contributed by atoms with Crippen molar-refractivity contribution in [2.45, 2.75) is 6.92 Å². The molecule has 1 aromatic carbocycles. The average molecular weight is 343 g/mol. The number of ether oxygens (including phenoxy) is 1. The molecule has 7 heteroatoms. The van der Waals surface area contributed by atoms with E-state index in [1.54, 1.807) is 29.4 Å². The summed E-state index contributed by atoms with van der Waals surface area (Å²) in [4.78, 5) is 12.7. The van der Waals surface area contributed by atoms with E-state index in [2.05, 4.69) is 20.1 Å². The number of rotatable bonds is 3. The van der Waals surface area contributed by atoms with Gasteiger partial charge in [0.1, 0.15) is 17.7 Å². The van der Waals surface area contributed by atoms with Gasteiger partial charge in [0.15, 0.2) is 5.65 Å². The SMILES string of the molecule is Cc1cc(Oc2nccc3occc23)ccc1-c1cncc2ncnn12. The Kier molecular flexibility index (Phi) is 3.18. The van der Waals surface area contributed by atoms with Crippen LogP contribution in [0.2, 0.25) is 0 Å². The Balaban J connectivity index is 1.54. The highest BCUT2D eigenvalue weighted by Gasteiger charge is 2.11. The molecule has 126 valence electrons. The normalized spacial score (nSPS) is 11.3. The molecule has 4 heterocycles. The van der Waals surface area contributed by atoms with Crippen molar-refractivity contribution in [2.24, 2.45) is 0 Å². The molecule has 0 N–H and O–H groups in total. The van der Waals surface area contributed by atoms with Crippen molar-refractivity contribution in [3.63, 3.8) is 0 Å². The van der Waals surface area contributed by atoms with Crippen molar-refractivity contribution in [1.82, 2.24) is 24.6 Å². The van der Waals surface area contributed by atoms with Gasteiger partial charge >= 0.3 is 0 Å². The number of aromatic nitrogens is 5. The first-order valence-electron chi connectivity index (χ1n) is 8.04. The molecule has 26 heavy (non-hydrogen) atoms. The molecule has 0 amide bonds. The van der Waals surface area contributed by atoms with Crippen LogP contribution in [0.5, 0.6) is 11.6 Å². The van der Waals surface area contributed by atoms with Crippen LogP contribution in [0.15, 0.2) is 65.9 Å². The van der Waals surface area contributed by atoms with Crippen LogP contribution in [0.25, 0.3) is 27.9 Å². The first-order chi connectivity index (χ1) is 12.8. The molecule has 0 spiro atoms. The second-order valence-corrected chi connectivity index (χ2v) is 5.85. The predicted molar refractivity (Wildman–Crippen MR) is 95.0 cm³/mol. The summed E-state index contributed by atoms with van der Waals surface area (Å²) >= 11 is 0. The van der Waals surface area contributed by atoms with E-state index in [0.717, 1.165) is 27.8 Å². The number of nitrogens with zero attached hydrogens (tertiary/aromatic N) is 5. The molecule has 0 fully saturated rings. The summed E-state index contributed by atoms with van der Waals surface area (Å²) in [6, 6.07) is 9.50. The molecule has 0 saturated carbocycles. The van der Waals surface area contributed by atoms with Gasteiger partial charge in [0.05, 0.1) is 29.7 Å². The number of pyridine rings is 1. The molecular formula is C19H13N5O2. The number of benzene rings is 1. The number of aryl methyl sites for hydroxylation is 1. The summed E-state index contributed by atoms with van der Waals surface area (Å²) in [6.07, 6.45) is 8.27. The lowest BCUT2D eigenvalue weighted by Crippen LogP contribution is -1.97. The maximum atomic E-state index is 5.97. The summed E-state index contributed by atoms with van der Waals surface area (Å²) in [5, 5.41) is 5.11. The van der Waals surface area contributed by atoms with Crippen molar-refractivity contribution in [2.75, 3.05) is 0 Å². The standard InChI is InChI=1S/C19H13N5O2/c1-12-8-13(26-19-15-5-7-25-17(15)4-6-21-19)2-3-14(12)16-9-20-10-18-22-11-23-24(16)18/h2-11H,1H3. The Morgan fingerprint density at radius 1 is 1.08 bits per heavy atom. The van der Waals surface area contributed by atoms with Crippen molar-refractivity contribution < 1.29 is 9.15 Å². The van der Waals surface area contributed by atoms with Gasteiger partial charge in [-0.2, -0.15) is 5.10 Å². The molecule has 0 atom stereocenters. The molecule has 0 radical (unpaired) electrons. The molecule has 4 aromatic heterocycles. The van der Waals surface area contributed by atoms with Crippen LogP contribution in [0.3, 0.4) is 0 Å². The van der Waals surface area contributed by atoms with Crippen LogP contribution in [-0.2, 0) is 0 Å². The minimum absolute atomic E-state index is 0.517. The predicted octanol–water partition coefficient (Wildman–Crippen LogP) is 4.03. The van der Waals surface area contributed by atoms with Gasteiger partial charge in [-0.3, -0.25) is 4.98 Å². The third-order valence-electron chi connectivity index (χ3n) is 4.22. The van der Waals surface area contributed by atoms with Gasteiger partial charge in [-0.25, -0.2) is 14.5 Å². The molecule has 7 nitrogen and oxygen atoms in total. The minimum Gasteiger partial charge on any atom is -0.464 e. The smallest absolute Gasteiger partial charge is 0.230 e. The second kappa shape index (κ2) is 5.66. The number of fused-ring (bicyclic) bond motifs is 2. The lowest BCUT2D eigenvalue weighted by atomic mass is 10.1. The van der Waals surface area contributed by atoms with E-state index in [1.807, 2.05) is 37.3 Å². The highest BCUT2D eigenvalue weighted by Crippen LogP contribution is 2.31. The highest BCUT2D eigenvalue weighted by atomic mass is 16.5. The summed E-state index contributed by atoms with van der Waals surface area (Å²) < 4.78 is 13.1. The lowest BCUT2D eigenvalue weighted by Gasteiger charge is -2.10. The third-order valence-corrected chi connectivity index (χ3v) is 4.22. The summed E-state index contributed by atoms with van der Waals surface area (Å²) in [7, 11) is 0. The van der Waals surface area contributed by atoms with E-state index in [1.165, 1.54) is 6.33 Å². The second-order valence-electron chi connectivity index (χ2n) is 5.85. The Morgan fingerprint density at radius 3 is 2.96 bits per heavy atom. The summed E-state index contributed by atoms with van der Waals surface area (Å²) in [6.45, 7) is 2.02. The first kappa shape index (κ1) is 14.6. The van der Waals surface area contributed by atoms with Crippen molar-refractivity contribution in [3.05, 3.63) is 67.1 Å². The molecular weight excluding hydrogens is 330 g/mol. The molecule has 5 aromatic rings. The Bertz CT molecular complexity index is 1240. The van der Waals surface area contributed by atoms with Gasteiger partial charge in [0.25, 0.3) is 0 Å². The highest BCUT2D eigenvalue weighted by molar-refractivity contribution is 5.82. The van der Waals surface area contributed by atoms with Crippen molar-refractivity contribution >= 4 is 16.6 Å². The van der Waals surface area contributed by atoms with Crippen molar-refractivity contribution in [3.8, 4) is 22.9 Å². The average Bonchev–Trinajstić information content (AvgIpc) is 3.31. The maximum absolute atomic E-state index is 5.97. The Hall–Kier alpha value is -3.74. The van der Waals surface area contributed by atoms with E-state index in [4.69, 9.17) is 9.15 Å². The van der Waals surface area contributed by atoms with Gasteiger partial charge in [0.2, 0.25) is 5.88 Å². The fourth-order valence-electron chi connectivity index (χ4n) is 2.99. The van der Waals surface area contributed by atoms with Crippen LogP contribution in [0.1, 0.15) is 5.56 Å². The third kappa shape index (κ3) is 2.29. The van der Waals surface area contributed by atoms with E-state index in [9.17, 15) is 0 Å². The summed E-state index contributed by atoms with van der Waals surface area (Å²) in [5.74, 6) is 1.22. The monoisotopic (exact) mass is 343 g/mol. The Morgan fingerprint density at radius 2 is 2.04 bits per heavy atom. The zero-order valence-electron chi connectivity index (χ0n) is 13.8. The first-order valence-corrected chi connectivity index (χ1v) is 8.04. The number of hydrogen-bond donors (Lipinski definition) is 0. The van der Waals surface area contributed by atoms with Gasteiger partial charge in [0, 0.05) is 11.8 Å². The molecule has 0 aliphatic carbocycles. The summed E-state index contributed by atoms with van der Waals surface area (Å²) in [5.41, 5.74) is 4.37. The largest absolute Gasteiger partial charge is 0.464 e. The lowest BCUT2D eigenvalue weighted by molar-refractivity contribution is 0.468. The zero-order valence-corrected chi connectivity index (χ0v) is 13.8. The molecule has 0 bridgehead atoms. The van der Waals surface area contributed by atoms with E-state index in [-0.39, 0.29) is 0 Å². The fraction of sp³-hybridized carbons (Fsp3) is 0.0526. The van der Waals surface area contributed by atoms with Gasteiger partial charge < -0.3 is 9.15 Å². The number of hydrogen-bond acceptors (Lipinski definition) is 6. The quantitative estimate of drug-likeness (QED) is 0.492. The van der Waals surface area contributed by atoms with Crippen LogP contribution >= 0.6 is 0 Å².